The van der Waals surface area contributed by atoms with Crippen LogP contribution in [0.25, 0.3) is 0 Å². The molecule has 2 atom stereocenters. The van der Waals surface area contributed by atoms with Crippen LogP contribution in [0.3, 0.4) is 0 Å². The molecule has 0 aliphatic rings. The smallest absolute Gasteiger partial charge is 0.408 e. The van der Waals surface area contributed by atoms with Gasteiger partial charge in [-0.25, -0.2) is 4.79 Å². The molecule has 0 fully saturated rings. The van der Waals surface area contributed by atoms with Crippen molar-refractivity contribution in [2.24, 2.45) is 11.8 Å². The molecule has 0 aromatic rings. The van der Waals surface area contributed by atoms with Crippen LogP contribution in [0.1, 0.15) is 61.3 Å². The van der Waals surface area contributed by atoms with E-state index in [4.69, 9.17) is 16.3 Å². The third kappa shape index (κ3) is 12.5. The van der Waals surface area contributed by atoms with Crippen molar-refractivity contribution in [3.05, 3.63) is 23.4 Å². The minimum Gasteiger partial charge on any atom is -0.444 e. The Bertz CT molecular complexity index is 489. The maximum atomic E-state index is 12.3. The van der Waals surface area contributed by atoms with Crippen LogP contribution < -0.4 is 10.6 Å². The molecule has 144 valence electrons. The summed E-state index contributed by atoms with van der Waals surface area (Å²) in [5.74, 6) is 0.112. The van der Waals surface area contributed by atoms with Crippen LogP contribution in [-0.2, 0) is 9.53 Å². The fourth-order valence-electron chi connectivity index (χ4n) is 1.96. The lowest BCUT2D eigenvalue weighted by Crippen LogP contribution is -2.49. The van der Waals surface area contributed by atoms with Crippen LogP contribution in [0, 0.1) is 11.8 Å². The molecule has 0 heterocycles. The number of nitrogens with one attached hydrogen (secondary N) is 2. The van der Waals surface area contributed by atoms with Gasteiger partial charge in [-0.3, -0.25) is 4.79 Å². The summed E-state index contributed by atoms with van der Waals surface area (Å²) >= 11 is 5.81. The molecule has 0 aliphatic carbocycles. The lowest BCUT2D eigenvalue weighted by Gasteiger charge is -2.24. The number of ether oxygens (including phenoxy) is 1. The topological polar surface area (TPSA) is 67.4 Å². The van der Waals surface area contributed by atoms with E-state index in [9.17, 15) is 9.59 Å². The van der Waals surface area contributed by atoms with Gasteiger partial charge in [0.05, 0.1) is 0 Å². The largest absolute Gasteiger partial charge is 0.444 e. The van der Waals surface area contributed by atoms with Gasteiger partial charge in [-0.05, 0) is 58.6 Å². The van der Waals surface area contributed by atoms with Crippen LogP contribution >= 0.6 is 11.6 Å². The van der Waals surface area contributed by atoms with Gasteiger partial charge in [0.15, 0.2) is 0 Å². The van der Waals surface area contributed by atoms with Crippen molar-refractivity contribution in [3.8, 4) is 0 Å². The van der Waals surface area contributed by atoms with Crippen molar-refractivity contribution in [3.63, 3.8) is 0 Å². The van der Waals surface area contributed by atoms with Gasteiger partial charge in [0.1, 0.15) is 11.6 Å². The van der Waals surface area contributed by atoms with Crippen molar-refractivity contribution in [1.29, 1.82) is 0 Å². The molecular formula is C19H33ClN2O3. The van der Waals surface area contributed by atoms with Gasteiger partial charge in [0, 0.05) is 5.03 Å². The second-order valence-electron chi connectivity index (χ2n) is 7.65. The molecule has 0 unspecified atom stereocenters. The number of hydrogen-bond acceptors (Lipinski definition) is 3. The Morgan fingerprint density at radius 1 is 1.16 bits per heavy atom. The average Bonchev–Trinajstić information content (AvgIpc) is 2.44. The highest BCUT2D eigenvalue weighted by Gasteiger charge is 2.26. The Hall–Kier alpha value is -1.49. The van der Waals surface area contributed by atoms with Gasteiger partial charge in [0.25, 0.3) is 0 Å². The first-order valence-corrected chi connectivity index (χ1v) is 9.07. The van der Waals surface area contributed by atoms with Crippen molar-refractivity contribution in [2.75, 3.05) is 0 Å². The summed E-state index contributed by atoms with van der Waals surface area (Å²) in [6.45, 7) is 13.0. The highest BCUT2D eigenvalue weighted by atomic mass is 35.5. The van der Waals surface area contributed by atoms with E-state index in [0.717, 1.165) is 17.9 Å². The van der Waals surface area contributed by atoms with Gasteiger partial charge in [0.2, 0.25) is 5.91 Å². The second-order valence-corrected chi connectivity index (χ2v) is 8.24. The Labute approximate surface area is 157 Å². The van der Waals surface area contributed by atoms with Gasteiger partial charge < -0.3 is 15.4 Å². The van der Waals surface area contributed by atoms with Gasteiger partial charge in [-0.1, -0.05) is 44.5 Å². The number of hydrogen-bond donors (Lipinski definition) is 2. The standard InChI is InChI=1S/C19H33ClN2O3/c1-13(2)16(22-18(24)25-19(5,6)7)17(23)21-12-8-9-14(3)10-11-15(4)20/h8,11-14,16H,9-10H2,1-7H3,(H,21,23)(H,22,24)/b12-8-,15-11+/t14-,16+/m1/s1. The number of carbonyl (C=O) groups excluding carboxylic acids is 2. The zero-order valence-corrected chi connectivity index (χ0v) is 17.2. The van der Waals surface area contributed by atoms with E-state index in [1.54, 1.807) is 27.0 Å². The van der Waals surface area contributed by atoms with E-state index >= 15 is 0 Å². The molecule has 0 aromatic heterocycles. The number of halogens is 1. The van der Waals surface area contributed by atoms with E-state index in [0.29, 0.717) is 5.92 Å². The number of allylic oxidation sites excluding steroid dienone is 3. The van der Waals surface area contributed by atoms with Crippen LogP contribution in [-0.4, -0.2) is 23.6 Å². The summed E-state index contributed by atoms with van der Waals surface area (Å²) in [7, 11) is 0. The van der Waals surface area contributed by atoms with E-state index in [-0.39, 0.29) is 11.8 Å². The molecular weight excluding hydrogens is 340 g/mol. The van der Waals surface area contributed by atoms with Crippen molar-refractivity contribution < 1.29 is 14.3 Å². The molecule has 0 rings (SSSR count). The minimum absolute atomic E-state index is 0.0586. The number of carbonyl (C=O) groups is 2. The van der Waals surface area contributed by atoms with E-state index in [2.05, 4.69) is 17.6 Å². The van der Waals surface area contributed by atoms with Crippen LogP contribution in [0.4, 0.5) is 4.79 Å². The monoisotopic (exact) mass is 372 g/mol. The molecule has 0 saturated carbocycles. The lowest BCUT2D eigenvalue weighted by molar-refractivity contribution is -0.123. The Kier molecular flexibility index (Phi) is 10.5. The van der Waals surface area contributed by atoms with Crippen LogP contribution in [0.2, 0.25) is 0 Å². The Morgan fingerprint density at radius 3 is 2.24 bits per heavy atom. The maximum Gasteiger partial charge on any atom is 0.408 e. The zero-order valence-electron chi connectivity index (χ0n) is 16.5. The molecule has 25 heavy (non-hydrogen) atoms. The molecule has 0 radical (unpaired) electrons. The predicted molar refractivity (Wildman–Crippen MR) is 103 cm³/mol. The van der Waals surface area contributed by atoms with Crippen LogP contribution in [0.5, 0.6) is 0 Å². The van der Waals surface area contributed by atoms with Gasteiger partial charge in [-0.2, -0.15) is 0 Å². The third-order valence-corrected chi connectivity index (χ3v) is 3.46. The van der Waals surface area contributed by atoms with E-state index in [1.807, 2.05) is 32.9 Å². The molecule has 0 spiro atoms. The highest BCUT2D eigenvalue weighted by molar-refractivity contribution is 6.29. The zero-order chi connectivity index (χ0) is 19.6. The first-order valence-electron chi connectivity index (χ1n) is 8.69. The first-order chi connectivity index (χ1) is 11.4. The van der Waals surface area contributed by atoms with E-state index in [1.165, 1.54) is 0 Å². The summed E-state index contributed by atoms with van der Waals surface area (Å²) in [4.78, 5) is 24.2. The summed E-state index contributed by atoms with van der Waals surface area (Å²) in [6.07, 6.45) is 6.64. The average molecular weight is 373 g/mol. The minimum atomic E-state index is -0.654. The second kappa shape index (κ2) is 11.2. The molecule has 0 saturated heterocycles. The number of rotatable bonds is 8. The highest BCUT2D eigenvalue weighted by Crippen LogP contribution is 2.12. The maximum absolute atomic E-state index is 12.3. The first kappa shape index (κ1) is 23.5. The molecule has 2 N–H and O–H groups in total. The summed E-state index contributed by atoms with van der Waals surface area (Å²) in [6, 6.07) is -0.654. The van der Waals surface area contributed by atoms with Crippen molar-refractivity contribution in [1.82, 2.24) is 10.6 Å². The lowest BCUT2D eigenvalue weighted by atomic mass is 10.0. The number of alkyl carbamates (subject to hydrolysis) is 1. The molecule has 0 aliphatic heterocycles. The van der Waals surface area contributed by atoms with Gasteiger partial charge >= 0.3 is 6.09 Å². The third-order valence-electron chi connectivity index (χ3n) is 3.30. The molecule has 6 heteroatoms. The fraction of sp³-hybridized carbons (Fsp3) is 0.684. The van der Waals surface area contributed by atoms with E-state index < -0.39 is 17.7 Å². The van der Waals surface area contributed by atoms with Crippen molar-refractivity contribution >= 4 is 23.6 Å². The quantitative estimate of drug-likeness (QED) is 0.647. The molecule has 0 bridgehead atoms. The summed E-state index contributed by atoms with van der Waals surface area (Å²) in [5.41, 5.74) is -0.603. The van der Waals surface area contributed by atoms with Gasteiger partial charge in [-0.15, -0.1) is 0 Å². The molecule has 5 nitrogen and oxygen atoms in total. The Morgan fingerprint density at radius 2 is 1.76 bits per heavy atom. The predicted octanol–water partition coefficient (Wildman–Crippen LogP) is 4.72. The van der Waals surface area contributed by atoms with Crippen molar-refractivity contribution in [2.45, 2.75) is 73.0 Å². The normalized spacial score (nSPS) is 15.2. The van der Waals surface area contributed by atoms with Crippen LogP contribution in [0.15, 0.2) is 23.4 Å². The summed E-state index contributed by atoms with van der Waals surface area (Å²) in [5, 5.41) is 6.14. The Balaban J connectivity index is 4.48. The summed E-state index contributed by atoms with van der Waals surface area (Å²) < 4.78 is 5.21. The fourth-order valence-corrected chi connectivity index (χ4v) is 2.05. The molecule has 0 aromatic carbocycles. The SMILES string of the molecule is C/C(Cl)=C\C[C@H](C)C/C=C\NC(=O)[C@@H](NC(=O)OC(C)(C)C)C(C)C. The molecule has 2 amide bonds. The number of amides is 2.